The van der Waals surface area contributed by atoms with Crippen LogP contribution in [0.2, 0.25) is 0 Å². The number of benzene rings is 1. The molecule has 1 heterocycles. The van der Waals surface area contributed by atoms with E-state index in [1.165, 1.54) is 0 Å². The Morgan fingerprint density at radius 1 is 1.19 bits per heavy atom. The van der Waals surface area contributed by atoms with Crippen LogP contribution >= 0.6 is 12.2 Å². The summed E-state index contributed by atoms with van der Waals surface area (Å²) in [6.45, 7) is 9.43. The summed E-state index contributed by atoms with van der Waals surface area (Å²) in [5.41, 5.74) is 0.874. The highest BCUT2D eigenvalue weighted by atomic mass is 32.1. The van der Waals surface area contributed by atoms with E-state index in [-0.39, 0.29) is 0 Å². The first kappa shape index (κ1) is 20.3. The van der Waals surface area contributed by atoms with Gasteiger partial charge in [-0.05, 0) is 50.3 Å². The van der Waals surface area contributed by atoms with Gasteiger partial charge in [0.15, 0.2) is 5.11 Å². The van der Waals surface area contributed by atoms with Crippen LogP contribution in [0.5, 0.6) is 5.75 Å². The minimum absolute atomic E-state index is 0.654. The predicted molar refractivity (Wildman–Crippen MR) is 110 cm³/mol. The lowest BCUT2D eigenvalue weighted by Gasteiger charge is -2.26. The van der Waals surface area contributed by atoms with Crippen molar-refractivity contribution in [1.29, 1.82) is 0 Å². The van der Waals surface area contributed by atoms with Crippen LogP contribution in [-0.4, -0.2) is 43.3 Å². The highest BCUT2D eigenvalue weighted by Gasteiger charge is 2.15. The van der Waals surface area contributed by atoms with Gasteiger partial charge >= 0.3 is 0 Å². The Morgan fingerprint density at radius 3 is 2.62 bits per heavy atom. The van der Waals surface area contributed by atoms with Crippen molar-refractivity contribution in [2.45, 2.75) is 26.8 Å². The number of furan rings is 1. The van der Waals surface area contributed by atoms with E-state index in [2.05, 4.69) is 24.1 Å². The van der Waals surface area contributed by atoms with Gasteiger partial charge in [0.1, 0.15) is 11.5 Å². The van der Waals surface area contributed by atoms with Crippen LogP contribution in [0.15, 0.2) is 47.1 Å². The molecule has 0 spiro atoms. The molecule has 0 aliphatic carbocycles. The lowest BCUT2D eigenvalue weighted by molar-refractivity contribution is -0.896. The Bertz CT molecular complexity index is 657. The zero-order valence-electron chi connectivity index (χ0n) is 16.0. The molecule has 142 valence electrons. The average Bonchev–Trinajstić information content (AvgIpc) is 3.18. The quantitative estimate of drug-likeness (QED) is 0.624. The number of quaternary nitrogens is 1. The van der Waals surface area contributed by atoms with Gasteiger partial charge < -0.3 is 24.3 Å². The fourth-order valence-electron chi connectivity index (χ4n) is 2.91. The van der Waals surface area contributed by atoms with E-state index < -0.39 is 0 Å². The van der Waals surface area contributed by atoms with E-state index in [4.69, 9.17) is 21.4 Å². The number of thiocarbonyl (C=S) groups is 1. The summed E-state index contributed by atoms with van der Waals surface area (Å²) in [6.07, 6.45) is 2.77. The summed E-state index contributed by atoms with van der Waals surface area (Å²) in [5, 5.41) is 4.00. The molecule has 26 heavy (non-hydrogen) atoms. The molecule has 0 atom stereocenters. The van der Waals surface area contributed by atoms with Gasteiger partial charge in [-0.3, -0.25) is 0 Å². The summed E-state index contributed by atoms with van der Waals surface area (Å²) in [4.78, 5) is 3.76. The first-order chi connectivity index (χ1) is 12.7. The third kappa shape index (κ3) is 6.04. The first-order valence-electron chi connectivity index (χ1n) is 9.22. The fourth-order valence-corrected chi connectivity index (χ4v) is 3.17. The Labute approximate surface area is 161 Å². The largest absolute Gasteiger partial charge is 0.495 e. The highest BCUT2D eigenvalue weighted by molar-refractivity contribution is 7.80. The fraction of sp³-hybridized carbons (Fsp3) is 0.450. The highest BCUT2D eigenvalue weighted by Crippen LogP contribution is 2.23. The van der Waals surface area contributed by atoms with Crippen molar-refractivity contribution in [3.8, 4) is 5.75 Å². The Morgan fingerprint density at radius 2 is 1.96 bits per heavy atom. The van der Waals surface area contributed by atoms with Crippen LogP contribution in [0.1, 0.15) is 26.0 Å². The van der Waals surface area contributed by atoms with E-state index in [1.807, 2.05) is 36.4 Å². The number of para-hydroxylation sites is 2. The molecule has 2 N–H and O–H groups in total. The van der Waals surface area contributed by atoms with Crippen molar-refractivity contribution in [3.05, 3.63) is 48.4 Å². The van der Waals surface area contributed by atoms with Crippen LogP contribution in [0.4, 0.5) is 5.69 Å². The van der Waals surface area contributed by atoms with Crippen molar-refractivity contribution < 1.29 is 14.1 Å². The number of methoxy groups -OCH3 is 1. The van der Waals surface area contributed by atoms with E-state index >= 15 is 0 Å². The zero-order valence-corrected chi connectivity index (χ0v) is 16.8. The second kappa shape index (κ2) is 10.8. The first-order valence-corrected chi connectivity index (χ1v) is 9.63. The smallest absolute Gasteiger partial charge is 0.173 e. The molecule has 0 saturated heterocycles. The molecule has 1 aromatic heterocycles. The van der Waals surface area contributed by atoms with Gasteiger partial charge in [-0.1, -0.05) is 12.1 Å². The summed E-state index contributed by atoms with van der Waals surface area (Å²) >= 11 is 5.68. The predicted octanol–water partition coefficient (Wildman–Crippen LogP) is 2.80. The van der Waals surface area contributed by atoms with Crippen LogP contribution in [-0.2, 0) is 6.54 Å². The summed E-state index contributed by atoms with van der Waals surface area (Å²) in [6, 6.07) is 11.7. The van der Waals surface area contributed by atoms with Gasteiger partial charge in [-0.15, -0.1) is 0 Å². The summed E-state index contributed by atoms with van der Waals surface area (Å²) in [7, 11) is 1.66. The normalized spacial score (nSPS) is 10.8. The van der Waals surface area contributed by atoms with Gasteiger partial charge in [0.2, 0.25) is 0 Å². The molecule has 0 unspecified atom stereocenters. The maximum atomic E-state index is 5.68. The van der Waals surface area contributed by atoms with Crippen molar-refractivity contribution in [1.82, 2.24) is 4.90 Å². The van der Waals surface area contributed by atoms with E-state index in [9.17, 15) is 0 Å². The average molecular weight is 377 g/mol. The SMILES string of the molecule is CC[NH+](CC)CCCN(Cc1ccco1)C(=S)Nc1ccccc1OC. The molecule has 0 bridgehead atoms. The molecule has 2 aromatic rings. The van der Waals surface area contributed by atoms with Crippen LogP contribution in [0.25, 0.3) is 0 Å². The van der Waals surface area contributed by atoms with Crippen molar-refractivity contribution in [2.75, 3.05) is 38.6 Å². The van der Waals surface area contributed by atoms with E-state index in [0.717, 1.165) is 49.8 Å². The van der Waals surface area contributed by atoms with Crippen molar-refractivity contribution in [3.63, 3.8) is 0 Å². The summed E-state index contributed by atoms with van der Waals surface area (Å²) < 4.78 is 10.9. The number of anilines is 1. The molecule has 0 radical (unpaired) electrons. The second-order valence-corrected chi connectivity index (χ2v) is 6.58. The van der Waals surface area contributed by atoms with Crippen LogP contribution in [0, 0.1) is 0 Å². The lowest BCUT2D eigenvalue weighted by atomic mass is 10.3. The van der Waals surface area contributed by atoms with Gasteiger partial charge in [0.05, 0.1) is 45.2 Å². The molecule has 0 aliphatic rings. The number of hydrogen-bond donors (Lipinski definition) is 2. The molecule has 1 aromatic carbocycles. The maximum Gasteiger partial charge on any atom is 0.173 e. The molecule has 2 rings (SSSR count). The molecule has 0 amide bonds. The van der Waals surface area contributed by atoms with Gasteiger partial charge in [-0.25, -0.2) is 0 Å². The monoisotopic (exact) mass is 376 g/mol. The number of hydrogen-bond acceptors (Lipinski definition) is 3. The number of nitrogens with zero attached hydrogens (tertiary/aromatic N) is 1. The third-order valence-corrected chi connectivity index (χ3v) is 4.88. The number of nitrogens with one attached hydrogen (secondary N) is 2. The summed E-state index contributed by atoms with van der Waals surface area (Å²) in [5.74, 6) is 1.68. The lowest BCUT2D eigenvalue weighted by Crippen LogP contribution is -3.11. The number of rotatable bonds is 10. The van der Waals surface area contributed by atoms with Crippen molar-refractivity contribution in [2.24, 2.45) is 0 Å². The van der Waals surface area contributed by atoms with Gasteiger partial charge in [0, 0.05) is 13.0 Å². The van der Waals surface area contributed by atoms with Crippen molar-refractivity contribution >= 4 is 23.0 Å². The molecule has 0 fully saturated rings. The molecular weight excluding hydrogens is 346 g/mol. The molecular formula is C20H30N3O2S+. The maximum absolute atomic E-state index is 5.68. The van der Waals surface area contributed by atoms with Crippen LogP contribution < -0.4 is 15.0 Å². The minimum atomic E-state index is 0.654. The molecule has 0 saturated carbocycles. The Kier molecular flexibility index (Phi) is 8.44. The zero-order chi connectivity index (χ0) is 18.8. The minimum Gasteiger partial charge on any atom is -0.495 e. The van der Waals surface area contributed by atoms with Gasteiger partial charge in [-0.2, -0.15) is 0 Å². The Balaban J connectivity index is 2.02. The third-order valence-electron chi connectivity index (χ3n) is 4.52. The van der Waals surface area contributed by atoms with E-state index in [0.29, 0.717) is 11.7 Å². The Hall–Kier alpha value is -2.05. The second-order valence-electron chi connectivity index (χ2n) is 6.19. The molecule has 5 nitrogen and oxygen atoms in total. The topological polar surface area (TPSA) is 42.1 Å². The van der Waals surface area contributed by atoms with E-state index in [1.54, 1.807) is 18.3 Å². The molecule has 0 aliphatic heterocycles. The van der Waals surface area contributed by atoms with Crippen LogP contribution in [0.3, 0.4) is 0 Å². The number of ether oxygens (including phenoxy) is 1. The van der Waals surface area contributed by atoms with Gasteiger partial charge in [0.25, 0.3) is 0 Å². The standard InChI is InChI=1S/C20H29N3O2S/c1-4-22(5-2)13-9-14-23(16-17-10-8-15-25-17)20(26)21-18-11-6-7-12-19(18)24-3/h6-8,10-12,15H,4-5,9,13-14,16H2,1-3H3,(H,21,26)/p+1. The molecule has 6 heteroatoms.